The predicted octanol–water partition coefficient (Wildman–Crippen LogP) is 3.94. The molecule has 0 radical (unpaired) electrons. The summed E-state index contributed by atoms with van der Waals surface area (Å²) in [5.41, 5.74) is 0.137. The molecule has 0 spiro atoms. The molecule has 1 aromatic rings. The lowest BCUT2D eigenvalue weighted by atomic mass is 9.94. The SMILES string of the molecule is CC(C)C[C@@H](c1cc(F)cc(F)c1F)N1CCNCC1.Cl.Cl. The van der Waals surface area contributed by atoms with Crippen LogP contribution in [0.5, 0.6) is 0 Å². The second-order valence-corrected chi connectivity index (χ2v) is 5.72. The van der Waals surface area contributed by atoms with Gasteiger partial charge in [0.2, 0.25) is 0 Å². The van der Waals surface area contributed by atoms with Crippen LogP contribution in [-0.2, 0) is 0 Å². The second kappa shape index (κ2) is 9.60. The number of halogens is 5. The number of hydrogen-bond donors (Lipinski definition) is 1. The minimum absolute atomic E-state index is 0. The maximum Gasteiger partial charge on any atom is 0.163 e. The first kappa shape index (κ1) is 21.5. The molecule has 1 N–H and O–H groups in total. The van der Waals surface area contributed by atoms with E-state index in [-0.39, 0.29) is 36.4 Å². The van der Waals surface area contributed by atoms with Crippen molar-refractivity contribution in [1.29, 1.82) is 0 Å². The Kier molecular flexibility index (Phi) is 9.39. The molecule has 2 rings (SSSR count). The molecule has 1 aliphatic heterocycles. The van der Waals surface area contributed by atoms with Gasteiger partial charge in [-0.05, 0) is 18.4 Å². The monoisotopic (exact) mass is 358 g/mol. The molecule has 1 aliphatic rings. The molecule has 0 aliphatic carbocycles. The van der Waals surface area contributed by atoms with Gasteiger partial charge in [0, 0.05) is 43.9 Å². The van der Waals surface area contributed by atoms with Crippen molar-refractivity contribution in [1.82, 2.24) is 10.2 Å². The third-order valence-electron chi connectivity index (χ3n) is 3.67. The van der Waals surface area contributed by atoms with E-state index in [1.807, 2.05) is 13.8 Å². The van der Waals surface area contributed by atoms with Crippen LogP contribution >= 0.6 is 24.8 Å². The topological polar surface area (TPSA) is 15.3 Å². The molecule has 0 aromatic heterocycles. The molecule has 1 aromatic carbocycles. The normalized spacial score (nSPS) is 16.8. The Hall–Kier alpha value is -0.490. The zero-order valence-electron chi connectivity index (χ0n) is 12.7. The molecular formula is C15H23Cl2F3N2. The van der Waals surface area contributed by atoms with E-state index in [1.165, 1.54) is 0 Å². The summed E-state index contributed by atoms with van der Waals surface area (Å²) in [4.78, 5) is 2.10. The summed E-state index contributed by atoms with van der Waals surface area (Å²) in [6.45, 7) is 7.21. The van der Waals surface area contributed by atoms with Crippen molar-refractivity contribution < 1.29 is 13.2 Å². The first-order valence-corrected chi connectivity index (χ1v) is 7.08. The molecule has 0 unspecified atom stereocenters. The zero-order valence-corrected chi connectivity index (χ0v) is 14.4. The fourth-order valence-electron chi connectivity index (χ4n) is 2.73. The quantitative estimate of drug-likeness (QED) is 0.820. The highest BCUT2D eigenvalue weighted by Crippen LogP contribution is 2.31. The summed E-state index contributed by atoms with van der Waals surface area (Å²) in [5, 5.41) is 3.23. The molecule has 0 saturated carbocycles. The molecule has 128 valence electrons. The van der Waals surface area contributed by atoms with Crippen molar-refractivity contribution in [2.75, 3.05) is 26.2 Å². The Morgan fingerprint density at radius 3 is 2.23 bits per heavy atom. The summed E-state index contributed by atoms with van der Waals surface area (Å²) in [6, 6.07) is 1.46. The fourth-order valence-corrected chi connectivity index (χ4v) is 2.73. The van der Waals surface area contributed by atoms with E-state index in [4.69, 9.17) is 0 Å². The van der Waals surface area contributed by atoms with Gasteiger partial charge < -0.3 is 5.32 Å². The van der Waals surface area contributed by atoms with Crippen molar-refractivity contribution in [3.05, 3.63) is 35.1 Å². The highest BCUT2D eigenvalue weighted by molar-refractivity contribution is 5.85. The van der Waals surface area contributed by atoms with E-state index in [0.717, 1.165) is 32.2 Å². The van der Waals surface area contributed by atoms with E-state index in [1.54, 1.807) is 0 Å². The van der Waals surface area contributed by atoms with E-state index < -0.39 is 17.5 Å². The Labute approximate surface area is 142 Å². The van der Waals surface area contributed by atoms with Gasteiger partial charge in [0.25, 0.3) is 0 Å². The number of piperazine rings is 1. The average molecular weight is 359 g/mol. The lowest BCUT2D eigenvalue weighted by Gasteiger charge is -2.36. The number of benzene rings is 1. The Morgan fingerprint density at radius 2 is 1.68 bits per heavy atom. The predicted molar refractivity (Wildman–Crippen MR) is 87.5 cm³/mol. The van der Waals surface area contributed by atoms with Crippen LogP contribution in [0.1, 0.15) is 31.9 Å². The lowest BCUT2D eigenvalue weighted by Crippen LogP contribution is -2.45. The van der Waals surface area contributed by atoms with Gasteiger partial charge in [-0.1, -0.05) is 13.8 Å². The molecular weight excluding hydrogens is 336 g/mol. The molecule has 22 heavy (non-hydrogen) atoms. The number of nitrogens with one attached hydrogen (secondary N) is 1. The van der Waals surface area contributed by atoms with Gasteiger partial charge in [0.05, 0.1) is 0 Å². The van der Waals surface area contributed by atoms with E-state index >= 15 is 0 Å². The summed E-state index contributed by atoms with van der Waals surface area (Å²) in [5.74, 6) is -2.43. The average Bonchev–Trinajstić information content (AvgIpc) is 2.41. The second-order valence-electron chi connectivity index (χ2n) is 5.72. The third-order valence-corrected chi connectivity index (χ3v) is 3.67. The number of nitrogens with zero attached hydrogens (tertiary/aromatic N) is 1. The van der Waals surface area contributed by atoms with Crippen LogP contribution in [0.4, 0.5) is 13.2 Å². The standard InChI is InChI=1S/C15H21F3N2.2ClH/c1-10(2)7-14(20-5-3-19-4-6-20)12-8-11(16)9-13(17)15(12)18;;/h8-10,14,19H,3-7H2,1-2H3;2*1H/t14-;;/m0../s1. The van der Waals surface area contributed by atoms with Crippen molar-refractivity contribution in [2.24, 2.45) is 5.92 Å². The zero-order chi connectivity index (χ0) is 14.7. The molecule has 7 heteroatoms. The first-order valence-electron chi connectivity index (χ1n) is 7.08. The first-order chi connectivity index (χ1) is 9.49. The van der Waals surface area contributed by atoms with Gasteiger partial charge in [-0.3, -0.25) is 4.90 Å². The molecule has 1 fully saturated rings. The summed E-state index contributed by atoms with van der Waals surface area (Å²) >= 11 is 0. The van der Waals surface area contributed by atoms with Crippen LogP contribution in [-0.4, -0.2) is 31.1 Å². The van der Waals surface area contributed by atoms with Crippen LogP contribution in [0.3, 0.4) is 0 Å². The van der Waals surface area contributed by atoms with Crippen LogP contribution in [0.25, 0.3) is 0 Å². The minimum Gasteiger partial charge on any atom is -0.314 e. The van der Waals surface area contributed by atoms with E-state index in [0.29, 0.717) is 18.4 Å². The third kappa shape index (κ3) is 5.30. The van der Waals surface area contributed by atoms with Crippen LogP contribution < -0.4 is 5.32 Å². The maximum absolute atomic E-state index is 14.1. The van der Waals surface area contributed by atoms with E-state index in [2.05, 4.69) is 10.2 Å². The van der Waals surface area contributed by atoms with E-state index in [9.17, 15) is 13.2 Å². The summed E-state index contributed by atoms with van der Waals surface area (Å²) in [7, 11) is 0. The van der Waals surface area contributed by atoms with Crippen molar-refractivity contribution in [3.8, 4) is 0 Å². The summed E-state index contributed by atoms with van der Waals surface area (Å²) < 4.78 is 40.9. The van der Waals surface area contributed by atoms with Gasteiger partial charge in [-0.15, -0.1) is 24.8 Å². The number of rotatable bonds is 4. The largest absolute Gasteiger partial charge is 0.314 e. The molecule has 1 saturated heterocycles. The smallest absolute Gasteiger partial charge is 0.163 e. The Balaban J connectivity index is 0.00000220. The summed E-state index contributed by atoms with van der Waals surface area (Å²) in [6.07, 6.45) is 0.680. The number of hydrogen-bond acceptors (Lipinski definition) is 2. The molecule has 2 nitrogen and oxygen atoms in total. The van der Waals surface area contributed by atoms with Gasteiger partial charge in [0.1, 0.15) is 5.82 Å². The lowest BCUT2D eigenvalue weighted by molar-refractivity contribution is 0.150. The van der Waals surface area contributed by atoms with Crippen LogP contribution in [0.2, 0.25) is 0 Å². The van der Waals surface area contributed by atoms with Gasteiger partial charge in [-0.2, -0.15) is 0 Å². The van der Waals surface area contributed by atoms with Gasteiger partial charge >= 0.3 is 0 Å². The van der Waals surface area contributed by atoms with Crippen LogP contribution in [0, 0.1) is 23.4 Å². The van der Waals surface area contributed by atoms with Crippen molar-refractivity contribution >= 4 is 24.8 Å². The van der Waals surface area contributed by atoms with Gasteiger partial charge in [0.15, 0.2) is 11.6 Å². The highest BCUT2D eigenvalue weighted by Gasteiger charge is 2.27. The Bertz CT molecular complexity index is 466. The molecule has 0 bridgehead atoms. The Morgan fingerprint density at radius 1 is 1.09 bits per heavy atom. The molecule has 1 heterocycles. The van der Waals surface area contributed by atoms with Crippen LogP contribution in [0.15, 0.2) is 12.1 Å². The highest BCUT2D eigenvalue weighted by atomic mass is 35.5. The van der Waals surface area contributed by atoms with Crippen molar-refractivity contribution in [3.63, 3.8) is 0 Å². The minimum atomic E-state index is -1.11. The molecule has 1 atom stereocenters. The molecule has 0 amide bonds. The van der Waals surface area contributed by atoms with Gasteiger partial charge in [-0.25, -0.2) is 13.2 Å². The fraction of sp³-hybridized carbons (Fsp3) is 0.600. The van der Waals surface area contributed by atoms with Crippen molar-refractivity contribution in [2.45, 2.75) is 26.3 Å². The maximum atomic E-state index is 14.1.